The largest absolute Gasteiger partial charge is 2.00 e. The zero-order valence-electron chi connectivity index (χ0n) is 4.10. The molecule has 0 aliphatic carbocycles. The summed E-state index contributed by atoms with van der Waals surface area (Å²) in [6.07, 6.45) is 0. The monoisotopic (exact) mass is 226 g/mol. The van der Waals surface area contributed by atoms with Crippen LogP contribution < -0.4 is 0 Å². The summed E-state index contributed by atoms with van der Waals surface area (Å²) in [5.41, 5.74) is 0. The fraction of sp³-hybridized carbons (Fsp3) is 0.333. The molecule has 2 unspecified atom stereocenters. The molecule has 0 aromatic carbocycles. The summed E-state index contributed by atoms with van der Waals surface area (Å²) in [7, 11) is 4.67. The summed E-state index contributed by atoms with van der Waals surface area (Å²) in [5, 5.41) is 0. The molecule has 1 nitrogen and oxygen atoms in total. The van der Waals surface area contributed by atoms with E-state index in [0.717, 1.165) is 0 Å². The molecule has 45 valence electrons. The molecular weight excluding hydrogens is 217 g/mol. The van der Waals surface area contributed by atoms with Crippen LogP contribution in [0.15, 0.2) is 0 Å². The molecule has 0 amide bonds. The molecule has 7 heavy (non-hydrogen) atoms. The number of hydrogen-bond acceptors (Lipinski definition) is 0. The van der Waals surface area contributed by atoms with Gasteiger partial charge in [0.25, 0.3) is 0 Å². The summed E-state index contributed by atoms with van der Waals surface area (Å²) in [4.78, 5) is 0. The summed E-state index contributed by atoms with van der Waals surface area (Å²) >= 11 is 0. The van der Waals surface area contributed by atoms with E-state index in [2.05, 4.69) is 31.4 Å². The summed E-state index contributed by atoms with van der Waals surface area (Å²) in [6.45, 7) is 9.50. The molecule has 2 atom stereocenters. The van der Waals surface area contributed by atoms with E-state index < -0.39 is 0 Å². The Hall–Kier alpha value is 1.22. The zero-order valence-corrected chi connectivity index (χ0v) is 8.05. The van der Waals surface area contributed by atoms with Gasteiger partial charge in [0, 0.05) is 0 Å². The number of hydrogen-bond donors (Lipinski definition) is 0. The maximum atomic E-state index is 7.50. The van der Waals surface area contributed by atoms with Crippen molar-refractivity contribution in [3.8, 4) is 0 Å². The average molecular weight is 226 g/mol. The predicted octanol–water partition coefficient (Wildman–Crippen LogP) is 1.45. The summed E-state index contributed by atoms with van der Waals surface area (Å²) in [5.74, 6) is 0. The average Bonchev–Trinajstić information content (AvgIpc) is 1.81. The van der Waals surface area contributed by atoms with Gasteiger partial charge in [-0.2, -0.15) is 6.92 Å². The van der Waals surface area contributed by atoms with Crippen molar-refractivity contribution in [3.05, 3.63) is 13.6 Å². The van der Waals surface area contributed by atoms with Gasteiger partial charge < -0.3 is 6.92 Å². The summed E-state index contributed by atoms with van der Waals surface area (Å²) < 4.78 is 7.50. The van der Waals surface area contributed by atoms with E-state index >= 15 is 0 Å². The van der Waals surface area contributed by atoms with Gasteiger partial charge in [0.2, 0.25) is 0 Å². The molecule has 4 heteroatoms. The Morgan fingerprint density at radius 3 is 1.29 bits per heavy atom. The molecule has 0 spiro atoms. The van der Waals surface area contributed by atoms with Crippen molar-refractivity contribution in [2.24, 2.45) is 0 Å². The predicted molar refractivity (Wildman–Crippen MR) is 34.4 cm³/mol. The van der Waals surface area contributed by atoms with Crippen molar-refractivity contribution in [3.63, 3.8) is 0 Å². The molecule has 0 aromatic rings. The first-order valence-electron chi connectivity index (χ1n) is 1.24. The van der Waals surface area contributed by atoms with E-state index in [0.29, 0.717) is 0 Å². The Kier molecular flexibility index (Phi) is 642. The molecule has 0 bridgehead atoms. The first-order chi connectivity index (χ1) is 3.00. The van der Waals surface area contributed by atoms with Crippen molar-refractivity contribution in [1.29, 1.82) is 0 Å². The molecule has 0 rings (SSSR count). The second kappa shape index (κ2) is 187. The maximum absolute atomic E-state index is 7.50. The molecule has 0 N–H and O–H groups in total. The van der Waals surface area contributed by atoms with Gasteiger partial charge in [0.1, 0.15) is 0 Å². The molecule has 0 aliphatic heterocycles. The van der Waals surface area contributed by atoms with Crippen LogP contribution in [0.5, 0.6) is 0 Å². The molecule has 0 aromatic heterocycles. The van der Waals surface area contributed by atoms with Crippen LogP contribution >= 0.6 is 17.9 Å². The molecule has 0 aliphatic rings. The molecule has 0 heterocycles. The molecule has 0 fully saturated rings. The van der Waals surface area contributed by atoms with Crippen LogP contribution in [-0.2, 0) is 24.1 Å². The van der Waals surface area contributed by atoms with Crippen molar-refractivity contribution in [1.82, 2.24) is 0 Å². The number of rotatable bonds is 0. The van der Waals surface area contributed by atoms with Crippen molar-refractivity contribution < 1.29 is 24.1 Å². The van der Waals surface area contributed by atoms with E-state index in [1.807, 2.05) is 0 Å². The minimum absolute atomic E-state index is 0. The first kappa shape index (κ1) is 24.1. The van der Waals surface area contributed by atoms with Crippen LogP contribution in [0.1, 0.15) is 6.92 Å². The second-order valence-electron chi connectivity index (χ2n) is 0. The molecule has 0 saturated heterocycles. The Morgan fingerprint density at radius 2 is 1.29 bits per heavy atom. The Balaban J connectivity index is -0.00000000900. The van der Waals surface area contributed by atoms with Crippen LogP contribution in [0.4, 0.5) is 0 Å². The fourth-order valence-corrected chi connectivity index (χ4v) is 0. The molecular formula is C3H9OP2Rh+. The third-order valence-electron chi connectivity index (χ3n) is 0. The maximum Gasteiger partial charge on any atom is 2.00 e. The normalized spacial score (nSPS) is 2.00. The van der Waals surface area contributed by atoms with Gasteiger partial charge in [-0.25, -0.2) is 0 Å². The van der Waals surface area contributed by atoms with E-state index in [1.54, 1.807) is 6.92 Å². The second-order valence-corrected chi connectivity index (χ2v) is 0. The van der Waals surface area contributed by atoms with Crippen LogP contribution in [0.3, 0.4) is 0 Å². The van der Waals surface area contributed by atoms with Gasteiger partial charge in [0.05, 0.1) is 0 Å². The van der Waals surface area contributed by atoms with Gasteiger partial charge in [-0.15, -0.1) is 17.9 Å². The molecule has 0 saturated carbocycles. The van der Waals surface area contributed by atoms with Gasteiger partial charge >= 0.3 is 30.8 Å². The third kappa shape index (κ3) is 132. The van der Waals surface area contributed by atoms with Crippen molar-refractivity contribution in [2.45, 2.75) is 6.92 Å². The SMILES string of the molecule is PP.[C-]#[O+].[CH2-]C.[Rh+2]. The van der Waals surface area contributed by atoms with Crippen LogP contribution in [-0.4, -0.2) is 0 Å². The first-order valence-corrected chi connectivity index (χ1v) is 3.91. The Labute approximate surface area is 62.8 Å². The minimum Gasteiger partial charge on any atom is -0.346 e. The summed E-state index contributed by atoms with van der Waals surface area (Å²) in [6, 6.07) is 0. The van der Waals surface area contributed by atoms with Gasteiger partial charge in [-0.1, -0.05) is 0 Å². The smallest absolute Gasteiger partial charge is 0.346 e. The van der Waals surface area contributed by atoms with E-state index in [9.17, 15) is 0 Å². The quantitative estimate of drug-likeness (QED) is 0.258. The standard InChI is InChI=1S/C2H5.CO.H4P2.Rh/c3*1-2;/h1H2,2H3;;1-2H2;/q-1;;;+2. The van der Waals surface area contributed by atoms with Crippen LogP contribution in [0.25, 0.3) is 0 Å². The van der Waals surface area contributed by atoms with Gasteiger partial charge in [-0.3, -0.25) is 0 Å². The van der Waals surface area contributed by atoms with E-state index in [-0.39, 0.29) is 19.5 Å². The molecule has 1 radical (unpaired) electrons. The van der Waals surface area contributed by atoms with Crippen LogP contribution in [0.2, 0.25) is 0 Å². The van der Waals surface area contributed by atoms with Crippen molar-refractivity contribution >= 4 is 17.9 Å². The zero-order chi connectivity index (χ0) is 6.00. The fourth-order valence-electron chi connectivity index (χ4n) is 0. The van der Waals surface area contributed by atoms with Gasteiger partial charge in [0.15, 0.2) is 0 Å². The Bertz CT molecular complexity index is 17.7. The minimum atomic E-state index is 0. The Morgan fingerprint density at radius 1 is 1.29 bits per heavy atom. The van der Waals surface area contributed by atoms with Crippen molar-refractivity contribution in [2.75, 3.05) is 0 Å². The van der Waals surface area contributed by atoms with E-state index in [1.165, 1.54) is 0 Å². The topological polar surface area (TPSA) is 19.9 Å². The third-order valence-corrected chi connectivity index (χ3v) is 0. The van der Waals surface area contributed by atoms with Gasteiger partial charge in [-0.05, 0) is 0 Å². The van der Waals surface area contributed by atoms with E-state index in [4.69, 9.17) is 4.65 Å². The van der Waals surface area contributed by atoms with Crippen LogP contribution in [0, 0.1) is 13.6 Å².